The molecular weight excluding hydrogens is 238 g/mol. The normalized spacial score (nSPS) is 12.4. The van der Waals surface area contributed by atoms with Crippen LogP contribution in [0.15, 0.2) is 36.5 Å². The third kappa shape index (κ3) is 2.74. The zero-order valence-electron chi connectivity index (χ0n) is 9.39. The van der Waals surface area contributed by atoms with Gasteiger partial charge in [0.25, 0.3) is 0 Å². The zero-order chi connectivity index (χ0) is 12.3. The van der Waals surface area contributed by atoms with Crippen LogP contribution in [0.5, 0.6) is 0 Å². The maximum Gasteiger partial charge on any atom is 0.324 e. The smallest absolute Gasteiger partial charge is 0.324 e. The van der Waals surface area contributed by atoms with E-state index < -0.39 is 11.3 Å². The Morgan fingerprint density at radius 2 is 2.29 bits per heavy atom. The van der Waals surface area contributed by atoms with Crippen molar-refractivity contribution in [1.29, 1.82) is 0 Å². The second-order valence-corrected chi connectivity index (χ2v) is 4.25. The molecule has 0 saturated carbocycles. The number of halogens is 1. The number of fused-ring (bicyclic) bond motifs is 1. The molecule has 3 nitrogen and oxygen atoms in total. The minimum atomic E-state index is -0.644. The van der Waals surface area contributed by atoms with E-state index in [1.165, 1.54) is 7.11 Å². The predicted molar refractivity (Wildman–Crippen MR) is 67.1 cm³/mol. The Morgan fingerprint density at radius 1 is 1.47 bits per heavy atom. The average Bonchev–Trinajstić information content (AvgIpc) is 2.37. The second kappa shape index (κ2) is 5.15. The summed E-state index contributed by atoms with van der Waals surface area (Å²) in [6.45, 7) is 0. The number of pyridine rings is 1. The molecule has 0 N–H and O–H groups in total. The molecule has 0 fully saturated rings. The zero-order valence-corrected chi connectivity index (χ0v) is 10.1. The molecule has 17 heavy (non-hydrogen) atoms. The molecule has 1 unspecified atom stereocenters. The number of alkyl halides is 1. The Morgan fingerprint density at radius 3 is 3.06 bits per heavy atom. The lowest BCUT2D eigenvalue weighted by Gasteiger charge is -2.07. The number of methoxy groups -OCH3 is 1. The molecule has 0 aliphatic rings. The van der Waals surface area contributed by atoms with Crippen molar-refractivity contribution in [2.75, 3.05) is 7.11 Å². The fourth-order valence-corrected chi connectivity index (χ4v) is 1.94. The van der Waals surface area contributed by atoms with E-state index >= 15 is 0 Å². The van der Waals surface area contributed by atoms with Gasteiger partial charge in [-0.25, -0.2) is 0 Å². The van der Waals surface area contributed by atoms with E-state index in [4.69, 9.17) is 11.6 Å². The van der Waals surface area contributed by atoms with Gasteiger partial charge in [-0.1, -0.05) is 12.1 Å². The summed E-state index contributed by atoms with van der Waals surface area (Å²) >= 11 is 5.93. The predicted octanol–water partition coefficient (Wildman–Crippen LogP) is 2.56. The number of carbonyl (C=O) groups is 1. The molecule has 1 heterocycles. The van der Waals surface area contributed by atoms with Gasteiger partial charge in [-0.2, -0.15) is 0 Å². The highest BCUT2D eigenvalue weighted by molar-refractivity contribution is 6.30. The Bertz CT molecular complexity index is 542. The molecule has 88 valence electrons. The molecular formula is C13H12ClNO2. The summed E-state index contributed by atoms with van der Waals surface area (Å²) in [6, 6.07) is 9.69. The Hall–Kier alpha value is -1.61. The third-order valence-corrected chi connectivity index (χ3v) is 2.87. The van der Waals surface area contributed by atoms with Gasteiger partial charge in [0.2, 0.25) is 0 Å². The van der Waals surface area contributed by atoms with Gasteiger partial charge in [0.05, 0.1) is 12.6 Å². The van der Waals surface area contributed by atoms with Gasteiger partial charge in [-0.15, -0.1) is 11.6 Å². The standard InChI is InChI=1S/C13H12ClNO2/c1-17-13(16)11(14)8-9-4-5-12-10(7-9)3-2-6-15-12/h2-7,11H,8H2,1H3. The van der Waals surface area contributed by atoms with Crippen molar-refractivity contribution in [3.8, 4) is 0 Å². The minimum absolute atomic E-state index is 0.405. The first-order valence-electron chi connectivity index (χ1n) is 5.26. The van der Waals surface area contributed by atoms with E-state index in [1.807, 2.05) is 30.3 Å². The summed E-state index contributed by atoms with van der Waals surface area (Å²) in [6.07, 6.45) is 2.21. The fourth-order valence-electron chi connectivity index (χ4n) is 1.67. The summed E-state index contributed by atoms with van der Waals surface area (Å²) in [7, 11) is 1.34. The largest absolute Gasteiger partial charge is 0.468 e. The highest BCUT2D eigenvalue weighted by atomic mass is 35.5. The number of rotatable bonds is 3. The molecule has 0 aliphatic heterocycles. The van der Waals surface area contributed by atoms with Crippen molar-refractivity contribution >= 4 is 28.5 Å². The number of benzene rings is 1. The van der Waals surface area contributed by atoms with E-state index in [0.29, 0.717) is 6.42 Å². The van der Waals surface area contributed by atoms with Gasteiger partial charge < -0.3 is 4.74 Å². The van der Waals surface area contributed by atoms with Crippen molar-refractivity contribution in [1.82, 2.24) is 4.98 Å². The van der Waals surface area contributed by atoms with Gasteiger partial charge in [-0.05, 0) is 30.2 Å². The third-order valence-electron chi connectivity index (χ3n) is 2.54. The maximum atomic E-state index is 11.2. The summed E-state index contributed by atoms with van der Waals surface area (Å²) in [5.74, 6) is -0.405. The second-order valence-electron chi connectivity index (χ2n) is 3.73. The van der Waals surface area contributed by atoms with Crippen molar-refractivity contribution in [2.24, 2.45) is 0 Å². The van der Waals surface area contributed by atoms with Gasteiger partial charge in [0, 0.05) is 11.6 Å². The number of esters is 1. The van der Waals surface area contributed by atoms with Crippen LogP contribution in [0.1, 0.15) is 5.56 Å². The lowest BCUT2D eigenvalue weighted by molar-refractivity contribution is -0.140. The molecule has 2 aromatic rings. The number of ether oxygens (including phenoxy) is 1. The Labute approximate surface area is 104 Å². The molecule has 0 amide bonds. The van der Waals surface area contributed by atoms with Crippen LogP contribution in [-0.2, 0) is 16.0 Å². The molecule has 2 rings (SSSR count). The Kier molecular flexibility index (Phi) is 3.59. The maximum absolute atomic E-state index is 11.2. The van der Waals surface area contributed by atoms with E-state index in [0.717, 1.165) is 16.5 Å². The first kappa shape index (κ1) is 11.9. The highest BCUT2D eigenvalue weighted by Gasteiger charge is 2.16. The first-order chi connectivity index (χ1) is 8.20. The summed E-state index contributed by atoms with van der Waals surface area (Å²) in [4.78, 5) is 15.4. The van der Waals surface area contributed by atoms with Crippen LogP contribution >= 0.6 is 11.6 Å². The van der Waals surface area contributed by atoms with Gasteiger partial charge in [0.15, 0.2) is 0 Å². The number of hydrogen-bond donors (Lipinski definition) is 0. The van der Waals surface area contributed by atoms with E-state index in [1.54, 1.807) is 6.20 Å². The average molecular weight is 250 g/mol. The number of hydrogen-bond acceptors (Lipinski definition) is 3. The van der Waals surface area contributed by atoms with Crippen molar-refractivity contribution in [2.45, 2.75) is 11.8 Å². The topological polar surface area (TPSA) is 39.2 Å². The molecule has 1 atom stereocenters. The van der Waals surface area contributed by atoms with Crippen molar-refractivity contribution in [3.05, 3.63) is 42.1 Å². The van der Waals surface area contributed by atoms with Gasteiger partial charge >= 0.3 is 5.97 Å². The SMILES string of the molecule is COC(=O)C(Cl)Cc1ccc2ncccc2c1. The molecule has 4 heteroatoms. The molecule has 0 bridgehead atoms. The highest BCUT2D eigenvalue weighted by Crippen LogP contribution is 2.16. The van der Waals surface area contributed by atoms with E-state index in [2.05, 4.69) is 9.72 Å². The summed E-state index contributed by atoms with van der Waals surface area (Å²) in [5, 5.41) is 0.396. The number of nitrogens with zero attached hydrogens (tertiary/aromatic N) is 1. The molecule has 0 saturated heterocycles. The van der Waals surface area contributed by atoms with E-state index in [9.17, 15) is 4.79 Å². The fraction of sp³-hybridized carbons (Fsp3) is 0.231. The van der Waals surface area contributed by atoms with E-state index in [-0.39, 0.29) is 0 Å². The van der Waals surface area contributed by atoms with Crippen LogP contribution < -0.4 is 0 Å². The first-order valence-corrected chi connectivity index (χ1v) is 5.70. The lowest BCUT2D eigenvalue weighted by atomic mass is 10.1. The molecule has 0 spiro atoms. The Balaban J connectivity index is 2.22. The van der Waals surface area contributed by atoms with Crippen LogP contribution in [0.4, 0.5) is 0 Å². The van der Waals surface area contributed by atoms with Crippen LogP contribution in [0, 0.1) is 0 Å². The summed E-state index contributed by atoms with van der Waals surface area (Å²) < 4.78 is 4.59. The van der Waals surface area contributed by atoms with Crippen LogP contribution in [0.25, 0.3) is 10.9 Å². The number of aromatic nitrogens is 1. The van der Waals surface area contributed by atoms with Crippen molar-refractivity contribution in [3.63, 3.8) is 0 Å². The minimum Gasteiger partial charge on any atom is -0.468 e. The van der Waals surface area contributed by atoms with Gasteiger partial charge in [0.1, 0.15) is 5.38 Å². The monoisotopic (exact) mass is 249 g/mol. The van der Waals surface area contributed by atoms with Crippen LogP contribution in [0.2, 0.25) is 0 Å². The van der Waals surface area contributed by atoms with Gasteiger partial charge in [-0.3, -0.25) is 9.78 Å². The van der Waals surface area contributed by atoms with Crippen LogP contribution in [-0.4, -0.2) is 23.4 Å². The summed E-state index contributed by atoms with van der Waals surface area (Å²) in [5.41, 5.74) is 1.93. The lowest BCUT2D eigenvalue weighted by Crippen LogP contribution is -2.18. The molecule has 1 aromatic carbocycles. The van der Waals surface area contributed by atoms with Crippen molar-refractivity contribution < 1.29 is 9.53 Å². The quantitative estimate of drug-likeness (QED) is 0.620. The molecule has 0 aliphatic carbocycles. The molecule has 0 radical (unpaired) electrons. The van der Waals surface area contributed by atoms with Crippen LogP contribution in [0.3, 0.4) is 0 Å². The number of carbonyl (C=O) groups excluding carboxylic acids is 1. The molecule has 1 aromatic heterocycles.